The van der Waals surface area contributed by atoms with E-state index in [4.69, 9.17) is 14.2 Å². The molecule has 0 atom stereocenters. The topological polar surface area (TPSA) is 98.2 Å². The number of benzene rings is 2. The Morgan fingerprint density at radius 2 is 1.45 bits per heavy atom. The summed E-state index contributed by atoms with van der Waals surface area (Å²) in [5.41, 5.74) is 3.47. The molecule has 2 N–H and O–H groups in total. The maximum absolute atomic E-state index is 12.5. The summed E-state index contributed by atoms with van der Waals surface area (Å²) in [5, 5.41) is 5.73. The van der Waals surface area contributed by atoms with Crippen molar-refractivity contribution in [3.05, 3.63) is 47.5 Å². The lowest BCUT2D eigenvalue weighted by Gasteiger charge is -2.13. The van der Waals surface area contributed by atoms with Gasteiger partial charge >= 0.3 is 12.1 Å². The van der Waals surface area contributed by atoms with Crippen molar-refractivity contribution >= 4 is 23.2 Å². The lowest BCUT2D eigenvalue weighted by molar-refractivity contribution is -0.167. The van der Waals surface area contributed by atoms with Crippen LogP contribution in [0.5, 0.6) is 17.2 Å². The van der Waals surface area contributed by atoms with E-state index in [2.05, 4.69) is 10.5 Å². The summed E-state index contributed by atoms with van der Waals surface area (Å²) in [7, 11) is 4.28. The Bertz CT molecular complexity index is 964. The number of amides is 2. The second-order valence-electron chi connectivity index (χ2n) is 6.08. The van der Waals surface area contributed by atoms with E-state index in [1.54, 1.807) is 12.2 Å². The predicted octanol–water partition coefficient (Wildman–Crippen LogP) is 3.37. The van der Waals surface area contributed by atoms with Gasteiger partial charge in [0, 0.05) is 11.3 Å². The molecule has 11 heteroatoms. The van der Waals surface area contributed by atoms with E-state index in [1.165, 1.54) is 57.7 Å². The SMILES string of the molecule is COc1cc(C(=O)NN=C(C)c2ccc(NC(=O)C(F)(F)F)cc2)cc(OC)c1OC. The fraction of sp³-hybridized carbons (Fsp3) is 0.250. The molecule has 0 aromatic heterocycles. The number of nitrogens with one attached hydrogen (secondary N) is 2. The van der Waals surface area contributed by atoms with Gasteiger partial charge in [-0.3, -0.25) is 9.59 Å². The smallest absolute Gasteiger partial charge is 0.471 e. The molecule has 0 unspecified atom stereocenters. The van der Waals surface area contributed by atoms with E-state index >= 15 is 0 Å². The van der Waals surface area contributed by atoms with E-state index in [0.29, 0.717) is 28.5 Å². The quantitative estimate of drug-likeness (QED) is 0.509. The largest absolute Gasteiger partial charge is 0.493 e. The number of carbonyl (C=O) groups is 2. The lowest BCUT2D eigenvalue weighted by Crippen LogP contribution is -2.29. The Morgan fingerprint density at radius 3 is 1.90 bits per heavy atom. The molecule has 0 fully saturated rings. The summed E-state index contributed by atoms with van der Waals surface area (Å²) in [4.78, 5) is 23.4. The van der Waals surface area contributed by atoms with Gasteiger partial charge < -0.3 is 19.5 Å². The van der Waals surface area contributed by atoms with Crippen molar-refractivity contribution < 1.29 is 37.0 Å². The molecule has 2 rings (SSSR count). The lowest BCUT2D eigenvalue weighted by atomic mass is 10.1. The molecule has 2 aromatic carbocycles. The van der Waals surface area contributed by atoms with E-state index in [-0.39, 0.29) is 11.3 Å². The zero-order valence-electron chi connectivity index (χ0n) is 17.1. The van der Waals surface area contributed by atoms with Crippen molar-refractivity contribution in [2.45, 2.75) is 13.1 Å². The molecule has 0 aliphatic carbocycles. The summed E-state index contributed by atoms with van der Waals surface area (Å²) in [5.74, 6) is -1.69. The van der Waals surface area contributed by atoms with Crippen LogP contribution >= 0.6 is 0 Å². The Kier molecular flexibility index (Phi) is 7.46. The van der Waals surface area contributed by atoms with Gasteiger partial charge in [0.25, 0.3) is 5.91 Å². The first-order chi connectivity index (χ1) is 14.6. The first kappa shape index (κ1) is 23.5. The second kappa shape index (κ2) is 9.83. The molecule has 8 nitrogen and oxygen atoms in total. The molecular weight excluding hydrogens is 419 g/mol. The number of alkyl halides is 3. The summed E-state index contributed by atoms with van der Waals surface area (Å²) in [6.45, 7) is 1.60. The van der Waals surface area contributed by atoms with Crippen LogP contribution in [0.25, 0.3) is 0 Å². The number of halogens is 3. The van der Waals surface area contributed by atoms with Crippen molar-refractivity contribution in [2.24, 2.45) is 5.10 Å². The Morgan fingerprint density at radius 1 is 0.903 bits per heavy atom. The molecule has 31 heavy (non-hydrogen) atoms. The van der Waals surface area contributed by atoms with Crippen LogP contribution in [0.1, 0.15) is 22.8 Å². The fourth-order valence-electron chi connectivity index (χ4n) is 2.47. The van der Waals surface area contributed by atoms with Crippen LogP contribution in [0, 0.1) is 0 Å². The van der Waals surface area contributed by atoms with Crippen molar-refractivity contribution in [1.29, 1.82) is 0 Å². The van der Waals surface area contributed by atoms with Crippen LogP contribution in [-0.2, 0) is 4.79 Å². The molecule has 0 saturated heterocycles. The van der Waals surface area contributed by atoms with Gasteiger partial charge in [-0.15, -0.1) is 0 Å². The molecule has 2 amide bonds. The third kappa shape index (κ3) is 5.87. The summed E-state index contributed by atoms with van der Waals surface area (Å²) < 4.78 is 52.5. The van der Waals surface area contributed by atoms with Crippen LogP contribution in [0.4, 0.5) is 18.9 Å². The van der Waals surface area contributed by atoms with Crippen LogP contribution in [0.15, 0.2) is 41.5 Å². The second-order valence-corrected chi connectivity index (χ2v) is 6.08. The van der Waals surface area contributed by atoms with E-state index in [9.17, 15) is 22.8 Å². The highest BCUT2D eigenvalue weighted by molar-refractivity contribution is 6.02. The molecule has 2 aromatic rings. The Balaban J connectivity index is 2.13. The number of hydrogen-bond acceptors (Lipinski definition) is 6. The number of nitrogens with zero attached hydrogens (tertiary/aromatic N) is 1. The number of hydrazone groups is 1. The fourth-order valence-corrected chi connectivity index (χ4v) is 2.47. The van der Waals surface area contributed by atoms with Gasteiger partial charge in [-0.2, -0.15) is 18.3 Å². The third-order valence-electron chi connectivity index (χ3n) is 4.07. The number of ether oxygens (including phenoxy) is 3. The zero-order valence-corrected chi connectivity index (χ0v) is 17.1. The van der Waals surface area contributed by atoms with Crippen molar-refractivity contribution in [3.8, 4) is 17.2 Å². The number of methoxy groups -OCH3 is 3. The van der Waals surface area contributed by atoms with E-state index in [1.807, 2.05) is 0 Å². The minimum absolute atomic E-state index is 0.0275. The van der Waals surface area contributed by atoms with Crippen LogP contribution in [-0.4, -0.2) is 45.0 Å². The van der Waals surface area contributed by atoms with Crippen molar-refractivity contribution in [3.63, 3.8) is 0 Å². The highest BCUT2D eigenvalue weighted by Crippen LogP contribution is 2.38. The van der Waals surface area contributed by atoms with Crippen molar-refractivity contribution in [1.82, 2.24) is 5.43 Å². The standard InChI is InChI=1S/C20H20F3N3O5/c1-11(12-5-7-14(8-6-12)24-19(28)20(21,22)23)25-26-18(27)13-9-15(29-2)17(31-4)16(10-13)30-3/h5-10H,1-4H3,(H,24,28)(H,26,27). The van der Waals surface area contributed by atoms with Gasteiger partial charge in [-0.25, -0.2) is 5.43 Å². The van der Waals surface area contributed by atoms with E-state index < -0.39 is 18.0 Å². The monoisotopic (exact) mass is 439 g/mol. The normalized spacial score (nSPS) is 11.5. The molecule has 0 bridgehead atoms. The van der Waals surface area contributed by atoms with Gasteiger partial charge in [-0.1, -0.05) is 12.1 Å². The minimum Gasteiger partial charge on any atom is -0.493 e. The van der Waals surface area contributed by atoms with Gasteiger partial charge in [-0.05, 0) is 36.8 Å². The molecule has 0 radical (unpaired) electrons. The zero-order chi connectivity index (χ0) is 23.2. The summed E-state index contributed by atoms with van der Waals surface area (Å²) in [6.07, 6.45) is -4.98. The minimum atomic E-state index is -4.98. The van der Waals surface area contributed by atoms with Gasteiger partial charge in [0.05, 0.1) is 27.0 Å². The average Bonchev–Trinajstić information content (AvgIpc) is 2.75. The van der Waals surface area contributed by atoms with Gasteiger partial charge in [0.1, 0.15) is 0 Å². The van der Waals surface area contributed by atoms with Gasteiger partial charge in [0.2, 0.25) is 5.75 Å². The highest BCUT2D eigenvalue weighted by atomic mass is 19.4. The molecule has 0 saturated carbocycles. The average molecular weight is 439 g/mol. The van der Waals surface area contributed by atoms with E-state index in [0.717, 1.165) is 0 Å². The Labute approximate surface area is 176 Å². The van der Waals surface area contributed by atoms with Gasteiger partial charge in [0.15, 0.2) is 11.5 Å². The third-order valence-corrected chi connectivity index (χ3v) is 4.07. The summed E-state index contributed by atoms with van der Waals surface area (Å²) in [6, 6.07) is 8.41. The number of hydrogen-bond donors (Lipinski definition) is 2. The molecule has 0 heterocycles. The molecule has 0 aliphatic rings. The van der Waals surface area contributed by atoms with Crippen LogP contribution in [0.2, 0.25) is 0 Å². The van der Waals surface area contributed by atoms with Crippen molar-refractivity contribution in [2.75, 3.05) is 26.6 Å². The predicted molar refractivity (Wildman–Crippen MR) is 107 cm³/mol. The number of anilines is 1. The van der Waals surface area contributed by atoms with Crippen LogP contribution < -0.4 is 25.0 Å². The number of carbonyl (C=O) groups excluding carboxylic acids is 2. The molecular formula is C20H20F3N3O5. The Hall–Kier alpha value is -3.76. The maximum atomic E-state index is 12.5. The van der Waals surface area contributed by atoms with Crippen LogP contribution in [0.3, 0.4) is 0 Å². The molecule has 166 valence electrons. The molecule has 0 spiro atoms. The highest BCUT2D eigenvalue weighted by Gasteiger charge is 2.38. The first-order valence-electron chi connectivity index (χ1n) is 8.74. The number of rotatable bonds is 7. The first-order valence-corrected chi connectivity index (χ1v) is 8.74. The maximum Gasteiger partial charge on any atom is 0.471 e. The summed E-state index contributed by atoms with van der Waals surface area (Å²) >= 11 is 0. The molecule has 0 aliphatic heterocycles.